The molecule has 5 nitrogen and oxygen atoms in total. The van der Waals surface area contributed by atoms with E-state index < -0.39 is 6.09 Å². The fourth-order valence-electron chi connectivity index (χ4n) is 3.83. The predicted molar refractivity (Wildman–Crippen MR) is 114 cm³/mol. The lowest BCUT2D eigenvalue weighted by atomic mass is 9.97. The van der Waals surface area contributed by atoms with Gasteiger partial charge in [0.05, 0.1) is 5.92 Å². The van der Waals surface area contributed by atoms with Gasteiger partial charge in [0.1, 0.15) is 0 Å². The predicted octanol–water partition coefficient (Wildman–Crippen LogP) is 5.70. The standard InChI is InChI=1S/C23H36N2O3/c1-2-3-4-5-6-7-8-9-11-19-13-15-21(16-14-19)24-22(26)20-12-10-17-25(18-20)23(27)28/h13-16,20H,2-12,17-18H2,1H3,(H,24,26)(H,27,28). The first kappa shape index (κ1) is 22.3. The second kappa shape index (κ2) is 12.4. The lowest BCUT2D eigenvalue weighted by Crippen LogP contribution is -2.43. The van der Waals surface area contributed by atoms with Crippen molar-refractivity contribution in [1.82, 2.24) is 4.90 Å². The summed E-state index contributed by atoms with van der Waals surface area (Å²) in [6.07, 6.45) is 12.2. The third-order valence-corrected chi connectivity index (χ3v) is 5.60. The number of rotatable bonds is 11. The SMILES string of the molecule is CCCCCCCCCCc1ccc(NC(=O)C2CCCN(C(=O)O)C2)cc1. The molecule has 0 spiro atoms. The molecule has 1 aliphatic heterocycles. The minimum Gasteiger partial charge on any atom is -0.465 e. The normalized spacial score (nSPS) is 16.8. The summed E-state index contributed by atoms with van der Waals surface area (Å²) in [5.74, 6) is -0.344. The minimum absolute atomic E-state index is 0.0817. The highest BCUT2D eigenvalue weighted by Gasteiger charge is 2.28. The van der Waals surface area contributed by atoms with Gasteiger partial charge in [-0.25, -0.2) is 4.79 Å². The molecule has 1 heterocycles. The van der Waals surface area contributed by atoms with E-state index >= 15 is 0 Å². The van der Waals surface area contributed by atoms with Crippen LogP contribution in [0, 0.1) is 5.92 Å². The molecule has 2 N–H and O–H groups in total. The van der Waals surface area contributed by atoms with Crippen molar-refractivity contribution in [3.63, 3.8) is 0 Å². The Bertz CT molecular complexity index is 600. The van der Waals surface area contributed by atoms with Crippen molar-refractivity contribution in [2.24, 2.45) is 5.92 Å². The summed E-state index contributed by atoms with van der Waals surface area (Å²) in [4.78, 5) is 24.9. The van der Waals surface area contributed by atoms with Gasteiger partial charge in [-0.15, -0.1) is 0 Å². The van der Waals surface area contributed by atoms with E-state index in [1.807, 2.05) is 12.1 Å². The number of carbonyl (C=O) groups is 2. The van der Waals surface area contributed by atoms with Crippen molar-refractivity contribution in [1.29, 1.82) is 0 Å². The second-order valence-corrected chi connectivity index (χ2v) is 7.98. The number of benzene rings is 1. The van der Waals surface area contributed by atoms with Crippen LogP contribution in [0.3, 0.4) is 0 Å². The largest absolute Gasteiger partial charge is 0.465 e. The summed E-state index contributed by atoms with van der Waals surface area (Å²) < 4.78 is 0. The van der Waals surface area contributed by atoms with E-state index in [-0.39, 0.29) is 18.4 Å². The number of carbonyl (C=O) groups excluding carboxylic acids is 1. The number of carboxylic acid groups (broad SMARTS) is 1. The Balaban J connectivity index is 1.66. The van der Waals surface area contributed by atoms with E-state index in [0.29, 0.717) is 6.54 Å². The van der Waals surface area contributed by atoms with Gasteiger partial charge in [-0.05, 0) is 43.4 Å². The van der Waals surface area contributed by atoms with Gasteiger partial charge >= 0.3 is 6.09 Å². The number of nitrogens with one attached hydrogen (secondary N) is 1. The molecule has 156 valence electrons. The van der Waals surface area contributed by atoms with Crippen LogP contribution in [0.25, 0.3) is 0 Å². The molecule has 1 aromatic carbocycles. The molecule has 1 aliphatic rings. The highest BCUT2D eigenvalue weighted by Crippen LogP contribution is 2.20. The van der Waals surface area contributed by atoms with Crippen LogP contribution < -0.4 is 5.32 Å². The maximum absolute atomic E-state index is 12.4. The van der Waals surface area contributed by atoms with E-state index in [2.05, 4.69) is 24.4 Å². The number of hydrogen-bond donors (Lipinski definition) is 2. The zero-order valence-corrected chi connectivity index (χ0v) is 17.3. The van der Waals surface area contributed by atoms with Crippen LogP contribution in [-0.4, -0.2) is 35.1 Å². The van der Waals surface area contributed by atoms with Crippen LogP contribution in [0.5, 0.6) is 0 Å². The Labute approximate surface area is 169 Å². The third kappa shape index (κ3) is 7.91. The first-order valence-electron chi connectivity index (χ1n) is 11.0. The molecule has 0 radical (unpaired) electrons. The van der Waals surface area contributed by atoms with Crippen LogP contribution in [0.4, 0.5) is 10.5 Å². The number of amides is 2. The lowest BCUT2D eigenvalue weighted by molar-refractivity contribution is -0.121. The average Bonchev–Trinajstić information content (AvgIpc) is 2.71. The smallest absolute Gasteiger partial charge is 0.407 e. The molecule has 5 heteroatoms. The molecular formula is C23H36N2O3. The highest BCUT2D eigenvalue weighted by molar-refractivity contribution is 5.93. The summed E-state index contributed by atoms with van der Waals surface area (Å²) in [5.41, 5.74) is 2.09. The maximum Gasteiger partial charge on any atom is 0.407 e. The van der Waals surface area contributed by atoms with E-state index in [9.17, 15) is 9.59 Å². The molecule has 28 heavy (non-hydrogen) atoms. The van der Waals surface area contributed by atoms with E-state index in [1.165, 1.54) is 61.8 Å². The number of nitrogens with zero attached hydrogens (tertiary/aromatic N) is 1. The Morgan fingerprint density at radius 1 is 1.04 bits per heavy atom. The van der Waals surface area contributed by atoms with Crippen LogP contribution in [-0.2, 0) is 11.2 Å². The number of unbranched alkanes of at least 4 members (excludes halogenated alkanes) is 7. The van der Waals surface area contributed by atoms with Gasteiger partial charge in [-0.2, -0.15) is 0 Å². The molecule has 0 aliphatic carbocycles. The van der Waals surface area contributed by atoms with Crippen LogP contribution >= 0.6 is 0 Å². The van der Waals surface area contributed by atoms with E-state index in [0.717, 1.165) is 24.9 Å². The molecule has 1 atom stereocenters. The molecule has 0 saturated carbocycles. The first-order chi connectivity index (χ1) is 13.6. The number of hydrogen-bond acceptors (Lipinski definition) is 2. The number of aryl methyl sites for hydroxylation is 1. The fraction of sp³-hybridized carbons (Fsp3) is 0.652. The summed E-state index contributed by atoms with van der Waals surface area (Å²) in [5, 5.41) is 12.0. The van der Waals surface area contributed by atoms with Gasteiger partial charge in [0.15, 0.2) is 0 Å². The molecule has 2 amide bonds. The maximum atomic E-state index is 12.4. The highest BCUT2D eigenvalue weighted by atomic mass is 16.4. The van der Waals surface area contributed by atoms with Crippen molar-refractivity contribution < 1.29 is 14.7 Å². The molecule has 1 unspecified atom stereocenters. The van der Waals surface area contributed by atoms with Gasteiger partial charge in [-0.3, -0.25) is 4.79 Å². The zero-order valence-electron chi connectivity index (χ0n) is 17.3. The Kier molecular flexibility index (Phi) is 9.87. The molecule has 2 rings (SSSR count). The van der Waals surface area contributed by atoms with Gasteiger partial charge < -0.3 is 15.3 Å². The van der Waals surface area contributed by atoms with Crippen molar-refractivity contribution in [2.45, 2.75) is 77.6 Å². The Hall–Kier alpha value is -2.04. The molecule has 0 bridgehead atoms. The molecule has 1 fully saturated rings. The summed E-state index contributed by atoms with van der Waals surface area (Å²) >= 11 is 0. The van der Waals surface area contributed by atoms with E-state index in [1.54, 1.807) is 0 Å². The summed E-state index contributed by atoms with van der Waals surface area (Å²) in [6, 6.07) is 8.08. The first-order valence-corrected chi connectivity index (χ1v) is 11.0. The minimum atomic E-state index is -0.942. The van der Waals surface area contributed by atoms with Crippen molar-refractivity contribution >= 4 is 17.7 Å². The van der Waals surface area contributed by atoms with Crippen LogP contribution in [0.2, 0.25) is 0 Å². The van der Waals surface area contributed by atoms with Gasteiger partial charge in [0, 0.05) is 18.8 Å². The quantitative estimate of drug-likeness (QED) is 0.478. The molecule has 1 aromatic rings. The topological polar surface area (TPSA) is 69.6 Å². The second-order valence-electron chi connectivity index (χ2n) is 7.98. The summed E-state index contributed by atoms with van der Waals surface area (Å²) in [6.45, 7) is 3.06. The lowest BCUT2D eigenvalue weighted by Gasteiger charge is -2.29. The van der Waals surface area contributed by atoms with Crippen molar-refractivity contribution in [2.75, 3.05) is 18.4 Å². The van der Waals surface area contributed by atoms with Gasteiger partial charge in [-0.1, -0.05) is 64.0 Å². The zero-order chi connectivity index (χ0) is 20.2. The summed E-state index contributed by atoms with van der Waals surface area (Å²) in [7, 11) is 0. The monoisotopic (exact) mass is 388 g/mol. The van der Waals surface area contributed by atoms with E-state index in [4.69, 9.17) is 5.11 Å². The molecule has 0 aromatic heterocycles. The molecule has 1 saturated heterocycles. The third-order valence-electron chi connectivity index (χ3n) is 5.60. The van der Waals surface area contributed by atoms with Crippen molar-refractivity contribution in [3.8, 4) is 0 Å². The fourth-order valence-corrected chi connectivity index (χ4v) is 3.83. The van der Waals surface area contributed by atoms with Gasteiger partial charge in [0.25, 0.3) is 0 Å². The van der Waals surface area contributed by atoms with Crippen LogP contribution in [0.1, 0.15) is 76.7 Å². The molecular weight excluding hydrogens is 352 g/mol. The number of anilines is 1. The average molecular weight is 389 g/mol. The Morgan fingerprint density at radius 2 is 1.68 bits per heavy atom. The van der Waals surface area contributed by atoms with Crippen LogP contribution in [0.15, 0.2) is 24.3 Å². The van der Waals surface area contributed by atoms with Crippen molar-refractivity contribution in [3.05, 3.63) is 29.8 Å². The number of piperidine rings is 1. The number of likely N-dealkylation sites (tertiary alicyclic amines) is 1. The Morgan fingerprint density at radius 3 is 2.32 bits per heavy atom. The van der Waals surface area contributed by atoms with Gasteiger partial charge in [0.2, 0.25) is 5.91 Å².